The van der Waals surface area contributed by atoms with Crippen molar-refractivity contribution < 1.29 is 27.5 Å². The highest BCUT2D eigenvalue weighted by Crippen LogP contribution is 2.48. The molecule has 2 aliphatic carbocycles. The van der Waals surface area contributed by atoms with Crippen LogP contribution in [-0.4, -0.2) is 77.1 Å². The van der Waals surface area contributed by atoms with E-state index in [2.05, 4.69) is 26.5 Å². The van der Waals surface area contributed by atoms with Crippen LogP contribution in [0.4, 0.5) is 0 Å². The minimum absolute atomic E-state index is 0.0780. The highest BCUT2D eigenvalue weighted by atomic mass is 32.2. The molecule has 4 heterocycles. The van der Waals surface area contributed by atoms with Crippen molar-refractivity contribution in [1.29, 1.82) is 0 Å². The van der Waals surface area contributed by atoms with Gasteiger partial charge in [-0.05, 0) is 98.6 Å². The largest absolute Gasteiger partial charge is 0.497 e. The van der Waals surface area contributed by atoms with Gasteiger partial charge in [-0.1, -0.05) is 38.2 Å². The maximum absolute atomic E-state index is 14.3. The number of rotatable bonds is 7. The Hall–Kier alpha value is -4.42. The number of nitrogens with zero attached hydrogens (tertiary/aromatic N) is 4. The fraction of sp³-hybridized carbons (Fsp3) is 0.488. The maximum atomic E-state index is 14.3. The topological polar surface area (TPSA) is 125 Å². The zero-order valence-corrected chi connectivity index (χ0v) is 31.9. The Morgan fingerprint density at radius 3 is 2.36 bits per heavy atom. The smallest absolute Gasteiger partial charge is 0.264 e. The summed E-state index contributed by atoms with van der Waals surface area (Å²) in [4.78, 5) is 29.8. The zero-order chi connectivity index (χ0) is 37.0. The van der Waals surface area contributed by atoms with Gasteiger partial charge in [0.15, 0.2) is 0 Å². The fourth-order valence-corrected chi connectivity index (χ4v) is 10.8. The molecule has 0 spiro atoms. The number of benzene rings is 2. The Morgan fingerprint density at radius 1 is 0.925 bits per heavy atom. The number of morpholine rings is 1. The number of aromatic nitrogens is 3. The van der Waals surface area contributed by atoms with E-state index in [-0.39, 0.29) is 18.1 Å². The number of aryl methyl sites for hydroxylation is 1. The van der Waals surface area contributed by atoms with Gasteiger partial charge in [-0.2, -0.15) is 5.10 Å². The standard InChI is InChI=1S/C41H49N5O6S/c1-25-22-45(23-26(2)52-25)41(48)35-21-42-44(3)38(35)30-18-29-19-31(51-4)15-17-33(29)39-37(27-10-6-5-7-11-27)34-16-14-28(20-36(34)46(39)24-30)40(47)43-53(49,50)32-12-8-9-13-32/h14-21,25-27,32H,5-13,22-24H2,1-4H3,(H,43,47)/t25-,26+. The second-order valence-corrected chi connectivity index (χ2v) is 17.4. The van der Waals surface area contributed by atoms with Crippen LogP contribution < -0.4 is 9.46 Å². The summed E-state index contributed by atoms with van der Waals surface area (Å²) < 4.78 is 44.5. The quantitative estimate of drug-likeness (QED) is 0.219. The molecule has 2 saturated carbocycles. The van der Waals surface area contributed by atoms with Crippen molar-refractivity contribution in [2.24, 2.45) is 7.05 Å². The molecule has 53 heavy (non-hydrogen) atoms. The number of allylic oxidation sites excluding steroid dienone is 1. The van der Waals surface area contributed by atoms with Crippen LogP contribution in [-0.2, 0) is 28.4 Å². The van der Waals surface area contributed by atoms with E-state index in [1.54, 1.807) is 24.1 Å². The van der Waals surface area contributed by atoms with Gasteiger partial charge >= 0.3 is 0 Å². The van der Waals surface area contributed by atoms with E-state index >= 15 is 0 Å². The second kappa shape index (κ2) is 14.1. The van der Waals surface area contributed by atoms with Gasteiger partial charge in [0, 0.05) is 42.2 Å². The van der Waals surface area contributed by atoms with Crippen molar-refractivity contribution in [2.75, 3.05) is 20.2 Å². The second-order valence-electron chi connectivity index (χ2n) is 15.4. The van der Waals surface area contributed by atoms with Crippen molar-refractivity contribution in [3.8, 4) is 17.0 Å². The molecule has 11 nitrogen and oxygen atoms in total. The van der Waals surface area contributed by atoms with Gasteiger partial charge in [-0.15, -0.1) is 0 Å². The number of carbonyl (C=O) groups is 2. The Kier molecular flexibility index (Phi) is 9.47. The summed E-state index contributed by atoms with van der Waals surface area (Å²) in [6.45, 7) is 5.36. The number of nitrogens with one attached hydrogen (secondary N) is 1. The molecule has 8 rings (SSSR count). The Balaban J connectivity index is 1.30. The highest BCUT2D eigenvalue weighted by molar-refractivity contribution is 7.90. The number of amides is 2. The van der Waals surface area contributed by atoms with Crippen LogP contribution in [0, 0.1) is 0 Å². The first-order valence-corrected chi connectivity index (χ1v) is 20.6. The number of carbonyl (C=O) groups excluding carboxylic acids is 2. The van der Waals surface area contributed by atoms with E-state index in [1.807, 2.05) is 50.1 Å². The molecule has 1 N–H and O–H groups in total. The molecule has 2 aliphatic heterocycles. The molecule has 4 aromatic rings. The molecule has 2 aromatic carbocycles. The van der Waals surface area contributed by atoms with Gasteiger partial charge < -0.3 is 18.9 Å². The summed E-state index contributed by atoms with van der Waals surface area (Å²) in [7, 11) is -0.268. The number of fused-ring (bicyclic) bond motifs is 5. The van der Waals surface area contributed by atoms with Crippen molar-refractivity contribution in [3.05, 3.63) is 70.5 Å². The first-order valence-electron chi connectivity index (χ1n) is 19.1. The van der Waals surface area contributed by atoms with E-state index in [0.29, 0.717) is 49.5 Å². The first kappa shape index (κ1) is 35.6. The monoisotopic (exact) mass is 739 g/mol. The molecule has 0 radical (unpaired) electrons. The summed E-state index contributed by atoms with van der Waals surface area (Å²) in [5, 5.41) is 5.14. The lowest BCUT2D eigenvalue weighted by Gasteiger charge is -2.35. The molecule has 12 heteroatoms. The molecule has 2 amide bonds. The lowest BCUT2D eigenvalue weighted by atomic mass is 9.81. The van der Waals surface area contributed by atoms with E-state index < -0.39 is 21.2 Å². The summed E-state index contributed by atoms with van der Waals surface area (Å²) in [5.41, 5.74) is 7.63. The van der Waals surface area contributed by atoms with Crippen molar-refractivity contribution >= 4 is 44.4 Å². The van der Waals surface area contributed by atoms with Crippen LogP contribution in [0.5, 0.6) is 5.75 Å². The Bertz CT molecular complexity index is 2210. The predicted molar refractivity (Wildman–Crippen MR) is 205 cm³/mol. The number of ether oxygens (including phenoxy) is 2. The van der Waals surface area contributed by atoms with E-state index in [0.717, 1.165) is 83.3 Å². The summed E-state index contributed by atoms with van der Waals surface area (Å²) in [6, 6.07) is 11.8. The molecule has 2 atom stereocenters. The Labute approximate surface area is 311 Å². The minimum atomic E-state index is -3.80. The summed E-state index contributed by atoms with van der Waals surface area (Å²) in [6.07, 6.45) is 12.1. The molecule has 1 saturated heterocycles. The lowest BCUT2D eigenvalue weighted by Crippen LogP contribution is -2.48. The van der Waals surface area contributed by atoms with Gasteiger partial charge in [-0.25, -0.2) is 13.1 Å². The average molecular weight is 740 g/mol. The minimum Gasteiger partial charge on any atom is -0.497 e. The molecular weight excluding hydrogens is 691 g/mol. The fourth-order valence-electron chi connectivity index (χ4n) is 9.29. The number of sulfonamides is 1. The highest BCUT2D eigenvalue weighted by Gasteiger charge is 2.35. The lowest BCUT2D eigenvalue weighted by molar-refractivity contribution is -0.0586. The van der Waals surface area contributed by atoms with Gasteiger partial charge in [0.05, 0.1) is 54.3 Å². The summed E-state index contributed by atoms with van der Waals surface area (Å²) in [5.74, 6) is 0.342. The van der Waals surface area contributed by atoms with Gasteiger partial charge in [0.1, 0.15) is 5.75 Å². The van der Waals surface area contributed by atoms with E-state index in [9.17, 15) is 18.0 Å². The van der Waals surface area contributed by atoms with Crippen molar-refractivity contribution in [2.45, 2.75) is 102 Å². The maximum Gasteiger partial charge on any atom is 0.264 e. The molecule has 280 valence electrons. The van der Waals surface area contributed by atoms with Crippen LogP contribution in [0.3, 0.4) is 0 Å². The molecule has 2 aromatic heterocycles. The van der Waals surface area contributed by atoms with Crippen LogP contribution >= 0.6 is 0 Å². The molecule has 0 unspecified atom stereocenters. The third kappa shape index (κ3) is 6.58. The normalized spacial score (nSPS) is 21.2. The van der Waals surface area contributed by atoms with Crippen molar-refractivity contribution in [3.63, 3.8) is 0 Å². The SMILES string of the molecule is COc1ccc2c(c1)C=C(c1c(C(=O)N3C[C@@H](C)O[C@@H](C)C3)cnn1C)Cn1c-2c(C2CCCCC2)c2ccc(C(=O)NS(=O)(=O)C3CCCC3)cc21. The number of hydrogen-bond acceptors (Lipinski definition) is 7. The Morgan fingerprint density at radius 2 is 1.64 bits per heavy atom. The van der Waals surface area contributed by atoms with Gasteiger partial charge in [0.25, 0.3) is 11.8 Å². The third-order valence-corrected chi connectivity index (χ3v) is 13.5. The predicted octanol–water partition coefficient (Wildman–Crippen LogP) is 6.90. The molecule has 3 fully saturated rings. The van der Waals surface area contributed by atoms with Crippen LogP contribution in [0.1, 0.15) is 115 Å². The number of hydrogen-bond donors (Lipinski definition) is 1. The zero-order valence-electron chi connectivity index (χ0n) is 31.1. The molecule has 4 aliphatic rings. The van der Waals surface area contributed by atoms with E-state index in [4.69, 9.17) is 9.47 Å². The summed E-state index contributed by atoms with van der Waals surface area (Å²) >= 11 is 0. The van der Waals surface area contributed by atoms with Crippen LogP contribution in [0.25, 0.3) is 33.8 Å². The van der Waals surface area contributed by atoms with Crippen LogP contribution in [0.15, 0.2) is 42.6 Å². The average Bonchev–Trinajstić information content (AvgIpc) is 3.87. The first-order chi connectivity index (χ1) is 25.5. The molecule has 0 bridgehead atoms. The number of methoxy groups -OCH3 is 1. The van der Waals surface area contributed by atoms with Crippen LogP contribution in [0.2, 0.25) is 0 Å². The van der Waals surface area contributed by atoms with Gasteiger partial charge in [0.2, 0.25) is 10.0 Å². The van der Waals surface area contributed by atoms with Gasteiger partial charge in [-0.3, -0.25) is 14.3 Å². The molecular formula is C41H49N5O6S. The third-order valence-electron chi connectivity index (χ3n) is 11.7. The van der Waals surface area contributed by atoms with E-state index in [1.165, 1.54) is 12.0 Å². The van der Waals surface area contributed by atoms with Crippen molar-refractivity contribution in [1.82, 2.24) is 24.0 Å².